The Bertz CT molecular complexity index is 1440. The first-order valence-electron chi connectivity index (χ1n) is 10.0. The molecular formula is C24H17N5O3. The zero-order valence-electron chi connectivity index (χ0n) is 16.8. The molecule has 156 valence electrons. The molecule has 0 saturated heterocycles. The van der Waals surface area contributed by atoms with Crippen molar-refractivity contribution in [3.63, 3.8) is 0 Å². The highest BCUT2D eigenvalue weighted by Gasteiger charge is 2.18. The molecule has 0 fully saturated rings. The maximum atomic E-state index is 12.9. The Balaban J connectivity index is 1.27. The van der Waals surface area contributed by atoms with Crippen LogP contribution in [0, 0.1) is 0 Å². The molecule has 0 bridgehead atoms. The molecule has 8 heteroatoms. The molecule has 0 spiro atoms. The predicted molar refractivity (Wildman–Crippen MR) is 119 cm³/mol. The highest BCUT2D eigenvalue weighted by Crippen LogP contribution is 2.35. The number of imidazole rings is 1. The maximum Gasteiger partial charge on any atom is 0.273 e. The minimum atomic E-state index is -0.291. The summed E-state index contributed by atoms with van der Waals surface area (Å²) in [6, 6.07) is 20.7. The van der Waals surface area contributed by atoms with Crippen LogP contribution in [0.2, 0.25) is 0 Å². The number of carbonyl (C=O) groups is 1. The molecule has 2 N–H and O–H groups in total. The SMILES string of the molecule is O=C(Nc1ccccc1-c1cn2ccccc2n1)c1cc(-c2ccc3c(c2)OCO3)n[nH]1. The van der Waals surface area contributed by atoms with Crippen molar-refractivity contribution in [2.75, 3.05) is 12.1 Å². The van der Waals surface area contributed by atoms with Crippen molar-refractivity contribution in [2.24, 2.45) is 0 Å². The van der Waals surface area contributed by atoms with Gasteiger partial charge in [0, 0.05) is 23.5 Å². The fourth-order valence-electron chi connectivity index (χ4n) is 3.71. The van der Waals surface area contributed by atoms with E-state index in [0.29, 0.717) is 28.6 Å². The molecule has 0 saturated carbocycles. The van der Waals surface area contributed by atoms with Gasteiger partial charge in [0.25, 0.3) is 5.91 Å². The van der Waals surface area contributed by atoms with Crippen LogP contribution >= 0.6 is 0 Å². The van der Waals surface area contributed by atoms with E-state index in [4.69, 9.17) is 9.47 Å². The monoisotopic (exact) mass is 423 g/mol. The molecule has 0 radical (unpaired) electrons. The molecular weight excluding hydrogens is 406 g/mol. The van der Waals surface area contributed by atoms with Crippen LogP contribution in [0.3, 0.4) is 0 Å². The summed E-state index contributed by atoms with van der Waals surface area (Å²) in [5.41, 5.74) is 4.93. The van der Waals surface area contributed by atoms with Crippen molar-refractivity contribution in [1.82, 2.24) is 19.6 Å². The highest BCUT2D eigenvalue weighted by atomic mass is 16.7. The highest BCUT2D eigenvalue weighted by molar-refractivity contribution is 6.05. The molecule has 6 rings (SSSR count). The number of amides is 1. The first-order valence-corrected chi connectivity index (χ1v) is 10.0. The van der Waals surface area contributed by atoms with Gasteiger partial charge in [-0.2, -0.15) is 5.10 Å². The van der Waals surface area contributed by atoms with E-state index in [2.05, 4.69) is 20.5 Å². The summed E-state index contributed by atoms with van der Waals surface area (Å²) in [6.07, 6.45) is 3.88. The van der Waals surface area contributed by atoms with E-state index >= 15 is 0 Å². The Morgan fingerprint density at radius 3 is 2.78 bits per heavy atom. The van der Waals surface area contributed by atoms with E-state index < -0.39 is 0 Å². The lowest BCUT2D eigenvalue weighted by Crippen LogP contribution is -2.13. The molecule has 4 heterocycles. The predicted octanol–water partition coefficient (Wildman–Crippen LogP) is 4.37. The number of aromatic amines is 1. The van der Waals surface area contributed by atoms with Crippen LogP contribution in [0.1, 0.15) is 10.5 Å². The number of nitrogens with zero attached hydrogens (tertiary/aromatic N) is 3. The fourth-order valence-corrected chi connectivity index (χ4v) is 3.71. The molecule has 1 aliphatic heterocycles. The molecule has 32 heavy (non-hydrogen) atoms. The van der Waals surface area contributed by atoms with Gasteiger partial charge in [0.2, 0.25) is 6.79 Å². The minimum Gasteiger partial charge on any atom is -0.454 e. The van der Waals surface area contributed by atoms with E-state index in [9.17, 15) is 4.79 Å². The second-order valence-electron chi connectivity index (χ2n) is 7.33. The molecule has 0 aliphatic carbocycles. The van der Waals surface area contributed by atoms with Crippen LogP contribution in [0.4, 0.5) is 5.69 Å². The summed E-state index contributed by atoms with van der Waals surface area (Å²) in [7, 11) is 0. The fraction of sp³-hybridized carbons (Fsp3) is 0.0417. The zero-order chi connectivity index (χ0) is 21.5. The lowest BCUT2D eigenvalue weighted by atomic mass is 10.1. The lowest BCUT2D eigenvalue weighted by Gasteiger charge is -2.08. The van der Waals surface area contributed by atoms with Gasteiger partial charge in [0.15, 0.2) is 11.5 Å². The van der Waals surface area contributed by atoms with E-state index in [-0.39, 0.29) is 12.7 Å². The summed E-state index contributed by atoms with van der Waals surface area (Å²) in [4.78, 5) is 17.6. The number of pyridine rings is 1. The average Bonchev–Trinajstić information content (AvgIpc) is 3.58. The van der Waals surface area contributed by atoms with E-state index in [1.165, 1.54) is 0 Å². The lowest BCUT2D eigenvalue weighted by molar-refractivity contribution is 0.102. The number of nitrogens with one attached hydrogen (secondary N) is 2. The number of ether oxygens (including phenoxy) is 2. The van der Waals surface area contributed by atoms with Gasteiger partial charge in [0.1, 0.15) is 11.3 Å². The van der Waals surface area contributed by atoms with Gasteiger partial charge in [-0.25, -0.2) is 4.98 Å². The number of anilines is 1. The van der Waals surface area contributed by atoms with Crippen LogP contribution in [0.5, 0.6) is 11.5 Å². The largest absolute Gasteiger partial charge is 0.454 e. The number of aromatic nitrogens is 4. The van der Waals surface area contributed by atoms with Crippen LogP contribution < -0.4 is 14.8 Å². The van der Waals surface area contributed by atoms with Gasteiger partial charge in [-0.3, -0.25) is 9.89 Å². The Morgan fingerprint density at radius 2 is 1.84 bits per heavy atom. The first-order chi connectivity index (χ1) is 15.7. The van der Waals surface area contributed by atoms with Gasteiger partial charge in [0.05, 0.1) is 17.1 Å². The molecule has 1 aliphatic rings. The van der Waals surface area contributed by atoms with Crippen LogP contribution in [-0.4, -0.2) is 32.3 Å². The number of hydrogen-bond acceptors (Lipinski definition) is 5. The number of fused-ring (bicyclic) bond motifs is 2. The molecule has 0 atom stereocenters. The Kier molecular flexibility index (Phi) is 4.14. The Labute approximate surface area is 182 Å². The number of hydrogen-bond donors (Lipinski definition) is 2. The van der Waals surface area contributed by atoms with Crippen molar-refractivity contribution in [2.45, 2.75) is 0 Å². The van der Waals surface area contributed by atoms with Crippen molar-refractivity contribution in [3.05, 3.63) is 84.8 Å². The van der Waals surface area contributed by atoms with Crippen molar-refractivity contribution in [1.29, 1.82) is 0 Å². The third-order valence-electron chi connectivity index (χ3n) is 5.31. The second-order valence-corrected chi connectivity index (χ2v) is 7.33. The second kappa shape index (κ2) is 7.28. The topological polar surface area (TPSA) is 93.5 Å². The molecule has 8 nitrogen and oxygen atoms in total. The van der Waals surface area contributed by atoms with Gasteiger partial charge in [-0.15, -0.1) is 0 Å². The van der Waals surface area contributed by atoms with Gasteiger partial charge in [-0.05, 0) is 42.5 Å². The third-order valence-corrected chi connectivity index (χ3v) is 5.31. The molecule has 2 aromatic carbocycles. The first kappa shape index (κ1) is 18.2. The van der Waals surface area contributed by atoms with Gasteiger partial charge >= 0.3 is 0 Å². The maximum absolute atomic E-state index is 12.9. The summed E-state index contributed by atoms with van der Waals surface area (Å²) in [5.74, 6) is 1.07. The Morgan fingerprint density at radius 1 is 0.969 bits per heavy atom. The number of carbonyl (C=O) groups excluding carboxylic acids is 1. The van der Waals surface area contributed by atoms with Crippen LogP contribution in [0.15, 0.2) is 79.1 Å². The van der Waals surface area contributed by atoms with Crippen molar-refractivity contribution in [3.8, 4) is 34.0 Å². The van der Waals surface area contributed by atoms with E-state index in [0.717, 1.165) is 22.5 Å². The normalized spacial score (nSPS) is 12.2. The van der Waals surface area contributed by atoms with E-state index in [1.54, 1.807) is 6.07 Å². The standard InChI is InChI=1S/C24H17N5O3/c30-24(19-12-18(27-28-19)15-8-9-21-22(11-15)32-14-31-21)26-17-6-2-1-5-16(17)20-13-29-10-4-3-7-23(29)25-20/h1-13H,14H2,(H,26,30)(H,27,28). The summed E-state index contributed by atoms with van der Waals surface area (Å²) >= 11 is 0. The number of benzene rings is 2. The molecule has 5 aromatic rings. The average molecular weight is 423 g/mol. The van der Waals surface area contributed by atoms with Crippen molar-refractivity contribution >= 4 is 17.2 Å². The molecule has 3 aromatic heterocycles. The third kappa shape index (κ3) is 3.14. The van der Waals surface area contributed by atoms with Gasteiger partial charge < -0.3 is 19.2 Å². The minimum absolute atomic E-state index is 0.207. The van der Waals surface area contributed by atoms with Crippen LogP contribution in [0.25, 0.3) is 28.2 Å². The van der Waals surface area contributed by atoms with Gasteiger partial charge in [-0.1, -0.05) is 24.3 Å². The number of para-hydroxylation sites is 1. The molecule has 1 amide bonds. The Hall–Kier alpha value is -4.59. The quantitative estimate of drug-likeness (QED) is 0.448. The summed E-state index contributed by atoms with van der Waals surface area (Å²) in [6.45, 7) is 0.207. The molecule has 0 unspecified atom stereocenters. The number of rotatable bonds is 4. The summed E-state index contributed by atoms with van der Waals surface area (Å²) in [5, 5.41) is 10.1. The number of H-pyrrole nitrogens is 1. The smallest absolute Gasteiger partial charge is 0.273 e. The van der Waals surface area contributed by atoms with Crippen LogP contribution in [-0.2, 0) is 0 Å². The summed E-state index contributed by atoms with van der Waals surface area (Å²) < 4.78 is 12.7. The van der Waals surface area contributed by atoms with Crippen molar-refractivity contribution < 1.29 is 14.3 Å². The zero-order valence-corrected chi connectivity index (χ0v) is 16.8. The van der Waals surface area contributed by atoms with E-state index in [1.807, 2.05) is 77.5 Å².